The number of hydrogen-bond donors (Lipinski definition) is 2. The van der Waals surface area contributed by atoms with E-state index in [1.807, 2.05) is 0 Å². The van der Waals surface area contributed by atoms with Gasteiger partial charge in [-0.1, -0.05) is 13.8 Å². The highest BCUT2D eigenvalue weighted by molar-refractivity contribution is 5.08. The minimum atomic E-state index is 0.174. The summed E-state index contributed by atoms with van der Waals surface area (Å²) in [5.41, 5.74) is 0.174. The standard InChI is InChI=1S/C11H20N4/c1-3-4-9-13-10(15-14-9)11(2)5-7-12-8-6-11/h12H,3-8H2,1-2H3,(H,13,14,15). The zero-order chi connectivity index (χ0) is 10.7. The van der Waals surface area contributed by atoms with Crippen LogP contribution in [0.4, 0.5) is 0 Å². The normalized spacial score (nSPS) is 20.4. The lowest BCUT2D eigenvalue weighted by molar-refractivity contribution is 0.319. The molecule has 0 unspecified atom stereocenters. The quantitative estimate of drug-likeness (QED) is 0.789. The fraction of sp³-hybridized carbons (Fsp3) is 0.818. The third kappa shape index (κ3) is 2.20. The van der Waals surface area contributed by atoms with Crippen LogP contribution in [0.1, 0.15) is 44.8 Å². The van der Waals surface area contributed by atoms with Crippen molar-refractivity contribution in [3.05, 3.63) is 11.6 Å². The second-order valence-electron chi connectivity index (χ2n) is 4.67. The van der Waals surface area contributed by atoms with Gasteiger partial charge in [0.05, 0.1) is 0 Å². The van der Waals surface area contributed by atoms with Crippen LogP contribution in [-0.2, 0) is 11.8 Å². The predicted molar refractivity (Wildman–Crippen MR) is 59.8 cm³/mol. The van der Waals surface area contributed by atoms with Crippen LogP contribution < -0.4 is 5.32 Å². The van der Waals surface area contributed by atoms with Crippen molar-refractivity contribution in [3.8, 4) is 0 Å². The molecule has 15 heavy (non-hydrogen) atoms. The molecule has 84 valence electrons. The number of aromatic nitrogens is 3. The minimum absolute atomic E-state index is 0.174. The SMILES string of the molecule is CCCc1nc(C2(C)CCNCC2)n[nH]1. The molecule has 1 aliphatic heterocycles. The van der Waals surface area contributed by atoms with Gasteiger partial charge in [-0.25, -0.2) is 4.98 Å². The van der Waals surface area contributed by atoms with Crippen LogP contribution in [0.15, 0.2) is 0 Å². The lowest BCUT2D eigenvalue weighted by Gasteiger charge is -2.31. The summed E-state index contributed by atoms with van der Waals surface area (Å²) in [7, 11) is 0. The van der Waals surface area contributed by atoms with Gasteiger partial charge in [0, 0.05) is 11.8 Å². The number of piperidine rings is 1. The number of nitrogens with zero attached hydrogens (tertiary/aromatic N) is 2. The molecule has 1 aromatic heterocycles. The van der Waals surface area contributed by atoms with Crippen LogP contribution in [0.2, 0.25) is 0 Å². The average Bonchev–Trinajstić information content (AvgIpc) is 2.69. The van der Waals surface area contributed by atoms with Gasteiger partial charge in [0.25, 0.3) is 0 Å². The van der Waals surface area contributed by atoms with E-state index in [0.717, 1.165) is 50.4 Å². The van der Waals surface area contributed by atoms with Gasteiger partial charge < -0.3 is 5.32 Å². The molecule has 0 atom stereocenters. The summed E-state index contributed by atoms with van der Waals surface area (Å²) in [6, 6.07) is 0. The summed E-state index contributed by atoms with van der Waals surface area (Å²) in [6.45, 7) is 6.59. The van der Waals surface area contributed by atoms with Crippen LogP contribution in [-0.4, -0.2) is 28.3 Å². The Morgan fingerprint density at radius 3 is 2.73 bits per heavy atom. The monoisotopic (exact) mass is 208 g/mol. The molecule has 0 aliphatic carbocycles. The number of aryl methyl sites for hydroxylation is 1. The Bertz CT molecular complexity index is 312. The fourth-order valence-corrected chi connectivity index (χ4v) is 2.12. The van der Waals surface area contributed by atoms with Crippen molar-refractivity contribution in [1.82, 2.24) is 20.5 Å². The molecule has 1 aliphatic rings. The maximum absolute atomic E-state index is 4.60. The number of nitrogens with one attached hydrogen (secondary N) is 2. The van der Waals surface area contributed by atoms with Gasteiger partial charge >= 0.3 is 0 Å². The first-order valence-corrected chi connectivity index (χ1v) is 5.87. The smallest absolute Gasteiger partial charge is 0.156 e. The van der Waals surface area contributed by atoms with Gasteiger partial charge in [0.15, 0.2) is 5.82 Å². The second-order valence-corrected chi connectivity index (χ2v) is 4.67. The summed E-state index contributed by atoms with van der Waals surface area (Å²) < 4.78 is 0. The molecule has 1 aromatic rings. The van der Waals surface area contributed by atoms with Crippen molar-refractivity contribution >= 4 is 0 Å². The average molecular weight is 208 g/mol. The molecule has 0 saturated carbocycles. The molecule has 1 fully saturated rings. The Kier molecular flexibility index (Phi) is 3.05. The molecule has 0 bridgehead atoms. The van der Waals surface area contributed by atoms with Gasteiger partial charge in [-0.3, -0.25) is 5.10 Å². The first kappa shape index (κ1) is 10.6. The van der Waals surface area contributed by atoms with Crippen LogP contribution in [0, 0.1) is 0 Å². The molecule has 0 radical (unpaired) electrons. The van der Waals surface area contributed by atoms with Gasteiger partial charge in [0.2, 0.25) is 0 Å². The Balaban J connectivity index is 2.12. The maximum atomic E-state index is 4.60. The summed E-state index contributed by atoms with van der Waals surface area (Å²) in [4.78, 5) is 4.60. The Labute approximate surface area is 90.9 Å². The minimum Gasteiger partial charge on any atom is -0.317 e. The number of aromatic amines is 1. The van der Waals surface area contributed by atoms with Crippen LogP contribution in [0.5, 0.6) is 0 Å². The zero-order valence-electron chi connectivity index (χ0n) is 9.64. The summed E-state index contributed by atoms with van der Waals surface area (Å²) in [5, 5.41) is 10.8. The maximum Gasteiger partial charge on any atom is 0.156 e. The summed E-state index contributed by atoms with van der Waals surface area (Å²) in [5.74, 6) is 2.04. The summed E-state index contributed by atoms with van der Waals surface area (Å²) >= 11 is 0. The van der Waals surface area contributed by atoms with Gasteiger partial charge in [0.1, 0.15) is 5.82 Å². The molecular formula is C11H20N4. The highest BCUT2D eigenvalue weighted by Gasteiger charge is 2.32. The van der Waals surface area contributed by atoms with E-state index >= 15 is 0 Å². The van der Waals surface area contributed by atoms with E-state index in [1.165, 1.54) is 0 Å². The molecule has 0 amide bonds. The number of H-pyrrole nitrogens is 1. The van der Waals surface area contributed by atoms with E-state index in [1.54, 1.807) is 0 Å². The van der Waals surface area contributed by atoms with Crippen molar-refractivity contribution in [2.45, 2.75) is 44.9 Å². The Hall–Kier alpha value is -0.900. The highest BCUT2D eigenvalue weighted by Crippen LogP contribution is 2.30. The van der Waals surface area contributed by atoms with Crippen LogP contribution in [0.25, 0.3) is 0 Å². The van der Waals surface area contributed by atoms with Crippen LogP contribution >= 0.6 is 0 Å². The third-order valence-corrected chi connectivity index (χ3v) is 3.27. The zero-order valence-corrected chi connectivity index (χ0v) is 9.64. The van der Waals surface area contributed by atoms with Gasteiger partial charge in [-0.2, -0.15) is 5.10 Å². The number of hydrogen-bond acceptors (Lipinski definition) is 3. The molecule has 0 aromatic carbocycles. The van der Waals surface area contributed by atoms with E-state index < -0.39 is 0 Å². The van der Waals surface area contributed by atoms with E-state index in [0.29, 0.717) is 0 Å². The highest BCUT2D eigenvalue weighted by atomic mass is 15.2. The topological polar surface area (TPSA) is 53.6 Å². The van der Waals surface area contributed by atoms with Crippen molar-refractivity contribution in [2.24, 2.45) is 0 Å². The first-order valence-electron chi connectivity index (χ1n) is 5.87. The molecule has 4 nitrogen and oxygen atoms in total. The molecule has 2 rings (SSSR count). The van der Waals surface area contributed by atoms with Gasteiger partial charge in [-0.15, -0.1) is 0 Å². The molecular weight excluding hydrogens is 188 g/mol. The lowest BCUT2D eigenvalue weighted by Crippen LogP contribution is -2.38. The van der Waals surface area contributed by atoms with Crippen molar-refractivity contribution in [2.75, 3.05) is 13.1 Å². The van der Waals surface area contributed by atoms with E-state index in [-0.39, 0.29) is 5.41 Å². The Morgan fingerprint density at radius 1 is 1.33 bits per heavy atom. The van der Waals surface area contributed by atoms with E-state index in [9.17, 15) is 0 Å². The van der Waals surface area contributed by atoms with E-state index in [2.05, 4.69) is 34.3 Å². The summed E-state index contributed by atoms with van der Waals surface area (Å²) in [6.07, 6.45) is 4.39. The fourth-order valence-electron chi connectivity index (χ4n) is 2.12. The van der Waals surface area contributed by atoms with Crippen molar-refractivity contribution < 1.29 is 0 Å². The molecule has 1 saturated heterocycles. The molecule has 4 heteroatoms. The molecule has 2 heterocycles. The third-order valence-electron chi connectivity index (χ3n) is 3.27. The largest absolute Gasteiger partial charge is 0.317 e. The van der Waals surface area contributed by atoms with Crippen molar-refractivity contribution in [3.63, 3.8) is 0 Å². The second kappa shape index (κ2) is 4.31. The molecule has 0 spiro atoms. The van der Waals surface area contributed by atoms with Gasteiger partial charge in [-0.05, 0) is 32.4 Å². The van der Waals surface area contributed by atoms with Crippen molar-refractivity contribution in [1.29, 1.82) is 0 Å². The van der Waals surface area contributed by atoms with Crippen LogP contribution in [0.3, 0.4) is 0 Å². The number of rotatable bonds is 3. The lowest BCUT2D eigenvalue weighted by atomic mass is 9.80. The Morgan fingerprint density at radius 2 is 2.07 bits per heavy atom. The molecule has 2 N–H and O–H groups in total. The predicted octanol–water partition coefficient (Wildman–Crippen LogP) is 1.40. The van der Waals surface area contributed by atoms with E-state index in [4.69, 9.17) is 0 Å². The first-order chi connectivity index (χ1) is 7.24.